The fraction of sp³-hybridized carbons (Fsp3) is 0.231. The lowest BCUT2D eigenvalue weighted by atomic mass is 10.2. The Bertz CT molecular complexity index is 530. The summed E-state index contributed by atoms with van der Waals surface area (Å²) in [5.41, 5.74) is 1.08. The number of halogens is 1. The van der Waals surface area contributed by atoms with Gasteiger partial charge in [-0.2, -0.15) is 0 Å². The zero-order valence-corrected chi connectivity index (χ0v) is 11.1. The summed E-state index contributed by atoms with van der Waals surface area (Å²) in [5, 5.41) is 3.76. The molecule has 0 radical (unpaired) electrons. The van der Waals surface area contributed by atoms with E-state index in [1.54, 1.807) is 6.33 Å². The minimum atomic E-state index is 0.708. The molecule has 1 N–H and O–H groups in total. The van der Waals surface area contributed by atoms with E-state index in [9.17, 15) is 0 Å². The molecule has 0 amide bonds. The van der Waals surface area contributed by atoms with Crippen LogP contribution in [0.1, 0.15) is 5.56 Å². The van der Waals surface area contributed by atoms with Crippen LogP contribution in [0.25, 0.3) is 0 Å². The Morgan fingerprint density at radius 2 is 2.06 bits per heavy atom. The van der Waals surface area contributed by atoms with Crippen LogP contribution in [0.2, 0.25) is 5.02 Å². The summed E-state index contributed by atoms with van der Waals surface area (Å²) in [6, 6.07) is 9.71. The van der Waals surface area contributed by atoms with Gasteiger partial charge in [0, 0.05) is 31.7 Å². The SMILES string of the molecule is CNc1cc(N(C)Cc2ccccc2Cl)ncn1. The van der Waals surface area contributed by atoms with Crippen molar-refractivity contribution in [3.63, 3.8) is 0 Å². The first kappa shape index (κ1) is 12.6. The number of benzene rings is 1. The smallest absolute Gasteiger partial charge is 0.134 e. The molecular weight excluding hydrogens is 248 g/mol. The zero-order chi connectivity index (χ0) is 13.0. The molecule has 0 atom stereocenters. The van der Waals surface area contributed by atoms with Gasteiger partial charge in [-0.05, 0) is 11.6 Å². The molecule has 5 heteroatoms. The number of anilines is 2. The van der Waals surface area contributed by atoms with Crippen LogP contribution < -0.4 is 10.2 Å². The number of nitrogens with zero attached hydrogens (tertiary/aromatic N) is 3. The Kier molecular flexibility index (Phi) is 3.99. The largest absolute Gasteiger partial charge is 0.373 e. The van der Waals surface area contributed by atoms with E-state index >= 15 is 0 Å². The van der Waals surface area contributed by atoms with E-state index in [0.717, 1.165) is 22.2 Å². The quantitative estimate of drug-likeness (QED) is 0.920. The summed E-state index contributed by atoms with van der Waals surface area (Å²) in [6.45, 7) is 0.708. The van der Waals surface area contributed by atoms with Crippen LogP contribution in [0.4, 0.5) is 11.6 Å². The predicted octanol–water partition coefficient (Wildman–Crippen LogP) is 2.81. The van der Waals surface area contributed by atoms with Crippen LogP contribution in [0.5, 0.6) is 0 Å². The van der Waals surface area contributed by atoms with Crippen molar-refractivity contribution in [3.8, 4) is 0 Å². The molecule has 0 fully saturated rings. The van der Waals surface area contributed by atoms with Gasteiger partial charge in [0.25, 0.3) is 0 Å². The minimum absolute atomic E-state index is 0.708. The molecule has 2 rings (SSSR count). The van der Waals surface area contributed by atoms with Crippen molar-refractivity contribution >= 4 is 23.2 Å². The molecule has 2 aromatic rings. The molecule has 0 aliphatic carbocycles. The molecule has 18 heavy (non-hydrogen) atoms. The standard InChI is InChI=1S/C13H15ClN4/c1-15-12-7-13(17-9-16-12)18(2)8-10-5-3-4-6-11(10)14/h3-7,9H,8H2,1-2H3,(H,15,16,17). The zero-order valence-electron chi connectivity index (χ0n) is 10.4. The second-order valence-corrected chi connectivity index (χ2v) is 4.37. The van der Waals surface area contributed by atoms with Gasteiger partial charge in [0.05, 0.1) is 0 Å². The van der Waals surface area contributed by atoms with Gasteiger partial charge in [0.15, 0.2) is 0 Å². The fourth-order valence-corrected chi connectivity index (χ4v) is 1.85. The molecule has 4 nitrogen and oxygen atoms in total. The number of hydrogen-bond donors (Lipinski definition) is 1. The topological polar surface area (TPSA) is 41.0 Å². The van der Waals surface area contributed by atoms with Crippen LogP contribution in [0.3, 0.4) is 0 Å². The highest BCUT2D eigenvalue weighted by atomic mass is 35.5. The van der Waals surface area contributed by atoms with Gasteiger partial charge in [-0.3, -0.25) is 0 Å². The summed E-state index contributed by atoms with van der Waals surface area (Å²) in [6.07, 6.45) is 1.55. The van der Waals surface area contributed by atoms with E-state index in [4.69, 9.17) is 11.6 Å². The molecule has 0 spiro atoms. The fourth-order valence-electron chi connectivity index (χ4n) is 1.66. The summed E-state index contributed by atoms with van der Waals surface area (Å²) >= 11 is 6.14. The normalized spacial score (nSPS) is 10.2. The molecule has 0 saturated heterocycles. The highest BCUT2D eigenvalue weighted by Crippen LogP contribution is 2.20. The third-order valence-corrected chi connectivity index (χ3v) is 3.03. The van der Waals surface area contributed by atoms with Crippen molar-refractivity contribution in [1.29, 1.82) is 0 Å². The van der Waals surface area contributed by atoms with Gasteiger partial charge < -0.3 is 10.2 Å². The molecule has 0 aliphatic heterocycles. The van der Waals surface area contributed by atoms with E-state index in [-0.39, 0.29) is 0 Å². The number of rotatable bonds is 4. The van der Waals surface area contributed by atoms with Gasteiger partial charge in [-0.25, -0.2) is 9.97 Å². The lowest BCUT2D eigenvalue weighted by Crippen LogP contribution is -2.18. The van der Waals surface area contributed by atoms with Gasteiger partial charge in [0.1, 0.15) is 18.0 Å². The van der Waals surface area contributed by atoms with E-state index < -0.39 is 0 Å². The van der Waals surface area contributed by atoms with E-state index in [1.807, 2.05) is 49.3 Å². The second-order valence-electron chi connectivity index (χ2n) is 3.96. The average molecular weight is 263 g/mol. The van der Waals surface area contributed by atoms with E-state index in [0.29, 0.717) is 6.54 Å². The predicted molar refractivity (Wildman–Crippen MR) is 75.1 cm³/mol. The Morgan fingerprint density at radius 3 is 2.78 bits per heavy atom. The summed E-state index contributed by atoms with van der Waals surface area (Å²) in [7, 11) is 3.81. The molecule has 0 bridgehead atoms. The first-order chi connectivity index (χ1) is 8.70. The molecule has 1 aromatic carbocycles. The Labute approximate surface area is 112 Å². The summed E-state index contributed by atoms with van der Waals surface area (Å²) in [5.74, 6) is 1.65. The van der Waals surface area contributed by atoms with Crippen molar-refractivity contribution in [2.75, 3.05) is 24.3 Å². The second kappa shape index (κ2) is 5.69. The van der Waals surface area contributed by atoms with Crippen LogP contribution in [0.15, 0.2) is 36.7 Å². The van der Waals surface area contributed by atoms with Crippen molar-refractivity contribution in [1.82, 2.24) is 9.97 Å². The molecule has 94 valence electrons. The van der Waals surface area contributed by atoms with Gasteiger partial charge in [-0.15, -0.1) is 0 Å². The van der Waals surface area contributed by atoms with Crippen molar-refractivity contribution in [2.24, 2.45) is 0 Å². The number of hydrogen-bond acceptors (Lipinski definition) is 4. The minimum Gasteiger partial charge on any atom is -0.373 e. The number of nitrogens with one attached hydrogen (secondary N) is 1. The molecule has 1 aromatic heterocycles. The monoisotopic (exact) mass is 262 g/mol. The van der Waals surface area contributed by atoms with Crippen LogP contribution in [-0.4, -0.2) is 24.1 Å². The maximum Gasteiger partial charge on any atom is 0.134 e. The maximum absolute atomic E-state index is 6.14. The Balaban J connectivity index is 2.16. The van der Waals surface area contributed by atoms with Gasteiger partial charge in [0.2, 0.25) is 0 Å². The highest BCUT2D eigenvalue weighted by Gasteiger charge is 2.07. The lowest BCUT2D eigenvalue weighted by molar-refractivity contribution is 0.891. The van der Waals surface area contributed by atoms with Crippen molar-refractivity contribution in [3.05, 3.63) is 47.2 Å². The molecule has 0 unspecified atom stereocenters. The average Bonchev–Trinajstić information content (AvgIpc) is 2.41. The van der Waals surface area contributed by atoms with Crippen LogP contribution in [0, 0.1) is 0 Å². The van der Waals surface area contributed by atoms with Crippen molar-refractivity contribution < 1.29 is 0 Å². The third kappa shape index (κ3) is 2.90. The lowest BCUT2D eigenvalue weighted by Gasteiger charge is -2.19. The van der Waals surface area contributed by atoms with E-state index in [2.05, 4.69) is 15.3 Å². The molecule has 0 saturated carbocycles. The highest BCUT2D eigenvalue weighted by molar-refractivity contribution is 6.31. The molecular formula is C13H15ClN4. The Morgan fingerprint density at radius 1 is 1.28 bits per heavy atom. The first-order valence-electron chi connectivity index (χ1n) is 5.65. The van der Waals surface area contributed by atoms with Crippen LogP contribution in [-0.2, 0) is 6.54 Å². The number of aromatic nitrogens is 2. The third-order valence-electron chi connectivity index (χ3n) is 2.67. The van der Waals surface area contributed by atoms with Crippen LogP contribution >= 0.6 is 11.6 Å². The van der Waals surface area contributed by atoms with Crippen molar-refractivity contribution in [2.45, 2.75) is 6.54 Å². The van der Waals surface area contributed by atoms with Gasteiger partial charge in [-0.1, -0.05) is 29.8 Å². The molecule has 0 aliphatic rings. The Hall–Kier alpha value is -1.81. The summed E-state index contributed by atoms with van der Waals surface area (Å²) < 4.78 is 0. The van der Waals surface area contributed by atoms with Gasteiger partial charge >= 0.3 is 0 Å². The summed E-state index contributed by atoms with van der Waals surface area (Å²) in [4.78, 5) is 10.4. The van der Waals surface area contributed by atoms with E-state index in [1.165, 1.54) is 0 Å². The first-order valence-corrected chi connectivity index (χ1v) is 6.03. The maximum atomic E-state index is 6.14. The molecule has 1 heterocycles.